The molecule has 0 spiro atoms. The Morgan fingerprint density at radius 3 is 0.562 bits per heavy atom. The van der Waals surface area contributed by atoms with Gasteiger partial charge in [-0.05, 0) is 25.7 Å². The largest absolute Gasteiger partial charge is 0.472 e. The zero-order chi connectivity index (χ0) is 76.7. The summed E-state index contributed by atoms with van der Waals surface area (Å²) in [5.41, 5.74) is 0. The standard InChI is InChI=1S/C86H168O17P2/c1-5-9-13-17-21-24-27-30-33-36-39-40-41-42-45-48-51-54-57-61-65-69-73-86(91)103-82(77-97-84(89)71-67-63-59-55-52-49-46-43-37-34-31-28-25-22-18-14-10-6-2)79-101-105(94,95)99-75-80(87)74-98-104(92,93)100-78-81(76-96-83(88)70-66-62-58-20-16-12-8-4)102-85(90)72-68-64-60-56-53-50-47-44-38-35-32-29-26-23-19-15-11-7-3/h80-82,87H,5-79H2,1-4H3,(H,92,93)(H,94,95)/t80-,81+,82+/m0/s1. The predicted molar refractivity (Wildman–Crippen MR) is 432 cm³/mol. The first-order chi connectivity index (χ1) is 51.2. The normalized spacial score (nSPS) is 13.7. The van der Waals surface area contributed by atoms with Crippen molar-refractivity contribution in [2.24, 2.45) is 0 Å². The monoisotopic (exact) mass is 1540 g/mol. The van der Waals surface area contributed by atoms with Crippen LogP contribution in [0.2, 0.25) is 0 Å². The van der Waals surface area contributed by atoms with Gasteiger partial charge in [0.25, 0.3) is 0 Å². The molecule has 0 fully saturated rings. The lowest BCUT2D eigenvalue weighted by molar-refractivity contribution is -0.161. The lowest BCUT2D eigenvalue weighted by Crippen LogP contribution is -2.30. The summed E-state index contributed by atoms with van der Waals surface area (Å²) in [5.74, 6) is -2.10. The maximum Gasteiger partial charge on any atom is 0.472 e. The summed E-state index contributed by atoms with van der Waals surface area (Å²) in [4.78, 5) is 73.1. The zero-order valence-corrected chi connectivity index (χ0v) is 70.5. The number of carbonyl (C=O) groups excluding carboxylic acids is 4. The van der Waals surface area contributed by atoms with Gasteiger partial charge in [0.2, 0.25) is 0 Å². The number of rotatable bonds is 87. The molecule has 0 radical (unpaired) electrons. The van der Waals surface area contributed by atoms with Crippen molar-refractivity contribution in [3.63, 3.8) is 0 Å². The van der Waals surface area contributed by atoms with E-state index in [2.05, 4.69) is 27.7 Å². The van der Waals surface area contributed by atoms with Crippen LogP contribution in [0.3, 0.4) is 0 Å². The fourth-order valence-corrected chi connectivity index (χ4v) is 15.1. The molecule has 0 aliphatic rings. The number of esters is 4. The third-order valence-electron chi connectivity index (χ3n) is 20.4. The van der Waals surface area contributed by atoms with Crippen LogP contribution in [0.1, 0.15) is 471 Å². The van der Waals surface area contributed by atoms with Crippen LogP contribution in [0, 0.1) is 0 Å². The van der Waals surface area contributed by atoms with E-state index in [1.165, 1.54) is 289 Å². The maximum absolute atomic E-state index is 13.1. The maximum atomic E-state index is 13.1. The summed E-state index contributed by atoms with van der Waals surface area (Å²) in [7, 11) is -9.92. The fourth-order valence-electron chi connectivity index (χ4n) is 13.5. The van der Waals surface area contributed by atoms with Gasteiger partial charge < -0.3 is 33.8 Å². The summed E-state index contributed by atoms with van der Waals surface area (Å²) in [5, 5.41) is 10.7. The molecule has 19 heteroatoms. The second-order valence-corrected chi connectivity index (χ2v) is 33.8. The number of aliphatic hydroxyl groups excluding tert-OH is 1. The van der Waals surface area contributed by atoms with Gasteiger partial charge in [-0.25, -0.2) is 9.13 Å². The van der Waals surface area contributed by atoms with Crippen LogP contribution in [0.25, 0.3) is 0 Å². The molecule has 0 amide bonds. The molecule has 0 bridgehead atoms. The van der Waals surface area contributed by atoms with Crippen LogP contribution >= 0.6 is 15.6 Å². The van der Waals surface area contributed by atoms with Crippen molar-refractivity contribution in [1.82, 2.24) is 0 Å². The van der Waals surface area contributed by atoms with E-state index in [4.69, 9.17) is 37.0 Å². The van der Waals surface area contributed by atoms with E-state index in [0.717, 1.165) is 103 Å². The van der Waals surface area contributed by atoms with Crippen molar-refractivity contribution >= 4 is 39.5 Å². The van der Waals surface area contributed by atoms with E-state index in [1.807, 2.05) is 0 Å². The van der Waals surface area contributed by atoms with Gasteiger partial charge in [-0.15, -0.1) is 0 Å². The Balaban J connectivity index is 5.15. The van der Waals surface area contributed by atoms with E-state index in [9.17, 15) is 43.2 Å². The molecule has 0 aromatic heterocycles. The van der Waals surface area contributed by atoms with Crippen molar-refractivity contribution in [1.29, 1.82) is 0 Å². The molecule has 0 rings (SSSR count). The van der Waals surface area contributed by atoms with Crippen LogP contribution in [-0.2, 0) is 65.4 Å². The number of aliphatic hydroxyl groups is 1. The highest BCUT2D eigenvalue weighted by molar-refractivity contribution is 7.47. The lowest BCUT2D eigenvalue weighted by atomic mass is 10.0. The highest BCUT2D eigenvalue weighted by Crippen LogP contribution is 2.45. The Morgan fingerprint density at radius 1 is 0.229 bits per heavy atom. The summed E-state index contributed by atoms with van der Waals surface area (Å²) in [6, 6.07) is 0. The van der Waals surface area contributed by atoms with Gasteiger partial charge in [-0.2, -0.15) is 0 Å². The number of ether oxygens (including phenoxy) is 4. The molecule has 0 aromatic rings. The van der Waals surface area contributed by atoms with Gasteiger partial charge in [0.05, 0.1) is 26.4 Å². The summed E-state index contributed by atoms with van der Waals surface area (Å²) >= 11 is 0. The third kappa shape index (κ3) is 79.9. The second kappa shape index (κ2) is 80.1. The van der Waals surface area contributed by atoms with Gasteiger partial charge in [0.15, 0.2) is 12.2 Å². The van der Waals surface area contributed by atoms with Crippen LogP contribution in [-0.4, -0.2) is 96.7 Å². The Morgan fingerprint density at radius 2 is 0.381 bits per heavy atom. The molecule has 5 atom stereocenters. The Kier molecular flexibility index (Phi) is 78.6. The quantitative estimate of drug-likeness (QED) is 0.0222. The molecule has 0 saturated carbocycles. The molecule has 17 nitrogen and oxygen atoms in total. The predicted octanol–water partition coefficient (Wildman–Crippen LogP) is 26.5. The molecule has 2 unspecified atom stereocenters. The van der Waals surface area contributed by atoms with Crippen molar-refractivity contribution in [2.75, 3.05) is 39.6 Å². The Labute approximate surface area is 645 Å². The lowest BCUT2D eigenvalue weighted by Gasteiger charge is -2.21. The van der Waals surface area contributed by atoms with E-state index in [1.54, 1.807) is 0 Å². The number of hydrogen-bond acceptors (Lipinski definition) is 15. The molecule has 105 heavy (non-hydrogen) atoms. The Hall–Kier alpha value is -1.94. The zero-order valence-electron chi connectivity index (χ0n) is 68.7. The van der Waals surface area contributed by atoms with E-state index in [0.29, 0.717) is 25.7 Å². The second-order valence-electron chi connectivity index (χ2n) is 30.9. The third-order valence-corrected chi connectivity index (χ3v) is 22.3. The highest BCUT2D eigenvalue weighted by atomic mass is 31.2. The molecule has 0 saturated heterocycles. The van der Waals surface area contributed by atoms with Gasteiger partial charge in [0.1, 0.15) is 19.3 Å². The number of phosphoric ester groups is 2. The Bertz CT molecular complexity index is 1980. The van der Waals surface area contributed by atoms with Crippen molar-refractivity contribution < 1.29 is 80.2 Å². The molecule has 0 aromatic carbocycles. The number of unbranched alkanes of at least 4 members (excludes halogenated alkanes) is 61. The smallest absolute Gasteiger partial charge is 0.462 e. The van der Waals surface area contributed by atoms with Crippen LogP contribution in [0.15, 0.2) is 0 Å². The molecule has 0 heterocycles. The topological polar surface area (TPSA) is 237 Å². The minimum absolute atomic E-state index is 0.109. The average Bonchev–Trinajstić information content (AvgIpc) is 1.18. The summed E-state index contributed by atoms with van der Waals surface area (Å²) in [6.07, 6.45) is 75.3. The first-order valence-electron chi connectivity index (χ1n) is 44.8. The molecule has 624 valence electrons. The first kappa shape index (κ1) is 103. The molecular weight excluding hydrogens is 1370 g/mol. The van der Waals surface area contributed by atoms with Gasteiger partial charge >= 0.3 is 39.5 Å². The van der Waals surface area contributed by atoms with Crippen molar-refractivity contribution in [2.45, 2.75) is 489 Å². The minimum atomic E-state index is -4.96. The van der Waals surface area contributed by atoms with Crippen LogP contribution in [0.4, 0.5) is 0 Å². The van der Waals surface area contributed by atoms with Crippen LogP contribution in [0.5, 0.6) is 0 Å². The van der Waals surface area contributed by atoms with Crippen LogP contribution < -0.4 is 0 Å². The minimum Gasteiger partial charge on any atom is -0.462 e. The average molecular weight is 1540 g/mol. The molecular formula is C86H168O17P2. The summed E-state index contributed by atoms with van der Waals surface area (Å²) < 4.78 is 68.8. The van der Waals surface area contributed by atoms with E-state index >= 15 is 0 Å². The summed E-state index contributed by atoms with van der Waals surface area (Å²) in [6.45, 7) is 5.01. The molecule has 0 aliphatic carbocycles. The molecule has 3 N–H and O–H groups in total. The highest BCUT2D eigenvalue weighted by Gasteiger charge is 2.30. The first-order valence-corrected chi connectivity index (χ1v) is 47.8. The SMILES string of the molecule is CCCCCCCCCCCCCCCCCCCCCCCCC(=O)O[C@H](COC(=O)CCCCCCCCCCCCCCCCCCCC)COP(=O)(O)OC[C@@H](O)COP(=O)(O)OC[C@@H](COC(=O)CCCCCCCCC)OC(=O)CCCCCCCCCCCCCCCCCCCC. The van der Waals surface area contributed by atoms with E-state index in [-0.39, 0.29) is 25.7 Å². The fraction of sp³-hybridized carbons (Fsp3) is 0.953. The van der Waals surface area contributed by atoms with Gasteiger partial charge in [-0.1, -0.05) is 419 Å². The number of hydrogen-bond donors (Lipinski definition) is 3. The number of carbonyl (C=O) groups is 4. The molecule has 0 aliphatic heterocycles. The number of phosphoric acid groups is 2. The van der Waals surface area contributed by atoms with Crippen molar-refractivity contribution in [3.8, 4) is 0 Å². The van der Waals surface area contributed by atoms with Gasteiger partial charge in [-0.3, -0.25) is 37.3 Å². The van der Waals surface area contributed by atoms with Gasteiger partial charge in [0, 0.05) is 25.7 Å². The van der Waals surface area contributed by atoms with Crippen molar-refractivity contribution in [3.05, 3.63) is 0 Å². The van der Waals surface area contributed by atoms with E-state index < -0.39 is 97.5 Å².